The third kappa shape index (κ3) is 3.32. The Labute approximate surface area is 129 Å². The number of nitrogens with one attached hydrogen (secondary N) is 1. The van der Waals surface area contributed by atoms with Gasteiger partial charge in [-0.3, -0.25) is 0 Å². The van der Waals surface area contributed by atoms with Crippen LogP contribution >= 0.6 is 0 Å². The summed E-state index contributed by atoms with van der Waals surface area (Å²) < 4.78 is 6.16. The molecule has 3 rings (SSSR count). The maximum Gasteiger partial charge on any atom is 0.0797 e. The summed E-state index contributed by atoms with van der Waals surface area (Å²) in [6.07, 6.45) is 7.12. The van der Waals surface area contributed by atoms with Gasteiger partial charge >= 0.3 is 0 Å². The molecule has 2 saturated carbocycles. The van der Waals surface area contributed by atoms with Crippen LogP contribution in [0.25, 0.3) is 0 Å². The second-order valence-electron chi connectivity index (χ2n) is 6.55. The second kappa shape index (κ2) is 6.93. The van der Waals surface area contributed by atoms with Gasteiger partial charge in [-0.1, -0.05) is 37.6 Å². The maximum atomic E-state index is 6.16. The number of benzene rings is 1. The Bertz CT molecular complexity index is 451. The second-order valence-corrected chi connectivity index (χ2v) is 6.55. The van der Waals surface area contributed by atoms with Crippen molar-refractivity contribution in [1.82, 2.24) is 5.32 Å². The fraction of sp³-hybridized carbons (Fsp3) is 0.684. The van der Waals surface area contributed by atoms with Crippen molar-refractivity contribution < 1.29 is 4.74 Å². The Hall–Kier alpha value is -0.860. The fourth-order valence-electron chi connectivity index (χ4n) is 3.63. The van der Waals surface area contributed by atoms with Crippen molar-refractivity contribution in [1.29, 1.82) is 0 Å². The van der Waals surface area contributed by atoms with Crippen LogP contribution in [0.15, 0.2) is 24.3 Å². The third-order valence-electron chi connectivity index (χ3n) is 5.07. The van der Waals surface area contributed by atoms with E-state index in [0.29, 0.717) is 12.1 Å². The first kappa shape index (κ1) is 15.1. The van der Waals surface area contributed by atoms with E-state index in [4.69, 9.17) is 4.74 Å². The van der Waals surface area contributed by atoms with Gasteiger partial charge in [-0.2, -0.15) is 0 Å². The predicted octanol–water partition coefficient (Wildman–Crippen LogP) is 4.42. The SMILES string of the molecule is CCNC(c1ccccc1C1CCC1)C(OCC)C1CC1. The standard InChI is InChI=1S/C19H29NO/c1-3-20-18(19(21-4-2)15-12-13-15)17-11-6-5-10-16(17)14-8-7-9-14/h5-6,10-11,14-15,18-20H,3-4,7-9,12-13H2,1-2H3. The molecular formula is C19H29NO. The Balaban J connectivity index is 1.88. The molecule has 0 amide bonds. The van der Waals surface area contributed by atoms with Crippen LogP contribution in [0.4, 0.5) is 0 Å². The Morgan fingerprint density at radius 1 is 1.14 bits per heavy atom. The van der Waals surface area contributed by atoms with Gasteiger partial charge in [0.1, 0.15) is 0 Å². The largest absolute Gasteiger partial charge is 0.376 e. The zero-order chi connectivity index (χ0) is 14.7. The summed E-state index contributed by atoms with van der Waals surface area (Å²) in [5.74, 6) is 1.53. The van der Waals surface area contributed by atoms with Crippen LogP contribution in [0.5, 0.6) is 0 Å². The first-order valence-corrected chi connectivity index (χ1v) is 8.79. The molecule has 0 radical (unpaired) electrons. The van der Waals surface area contributed by atoms with Crippen molar-refractivity contribution >= 4 is 0 Å². The average Bonchev–Trinajstić information content (AvgIpc) is 3.26. The molecule has 21 heavy (non-hydrogen) atoms. The molecule has 2 heteroatoms. The first-order valence-electron chi connectivity index (χ1n) is 8.79. The lowest BCUT2D eigenvalue weighted by atomic mass is 9.76. The van der Waals surface area contributed by atoms with Crippen molar-refractivity contribution in [2.24, 2.45) is 5.92 Å². The normalized spacial score (nSPS) is 21.8. The molecule has 2 aliphatic rings. The van der Waals surface area contributed by atoms with Gasteiger partial charge in [-0.25, -0.2) is 0 Å². The van der Waals surface area contributed by atoms with Crippen molar-refractivity contribution in [3.63, 3.8) is 0 Å². The minimum Gasteiger partial charge on any atom is -0.376 e. The van der Waals surface area contributed by atoms with Crippen LogP contribution in [-0.4, -0.2) is 19.3 Å². The molecule has 0 aliphatic heterocycles. The van der Waals surface area contributed by atoms with E-state index in [-0.39, 0.29) is 0 Å². The Kier molecular flexibility index (Phi) is 4.97. The lowest BCUT2D eigenvalue weighted by Crippen LogP contribution is -2.36. The molecule has 2 fully saturated rings. The Morgan fingerprint density at radius 2 is 1.90 bits per heavy atom. The summed E-state index contributed by atoms with van der Waals surface area (Å²) in [5, 5.41) is 3.72. The van der Waals surface area contributed by atoms with Gasteiger partial charge < -0.3 is 10.1 Å². The summed E-state index contributed by atoms with van der Waals surface area (Å²) in [6, 6.07) is 9.43. The number of likely N-dealkylation sites (N-methyl/N-ethyl adjacent to an activating group) is 1. The molecule has 2 aliphatic carbocycles. The minimum absolute atomic E-state index is 0.344. The molecule has 2 unspecified atom stereocenters. The average molecular weight is 287 g/mol. The van der Waals surface area contributed by atoms with Crippen LogP contribution in [0.3, 0.4) is 0 Å². The predicted molar refractivity (Wildman–Crippen MR) is 87.6 cm³/mol. The maximum absolute atomic E-state index is 6.16. The zero-order valence-corrected chi connectivity index (χ0v) is 13.5. The highest BCUT2D eigenvalue weighted by Gasteiger charge is 2.39. The molecule has 2 atom stereocenters. The molecule has 1 aromatic carbocycles. The molecule has 116 valence electrons. The molecule has 0 bridgehead atoms. The lowest BCUT2D eigenvalue weighted by Gasteiger charge is -2.34. The zero-order valence-electron chi connectivity index (χ0n) is 13.5. The molecular weight excluding hydrogens is 258 g/mol. The Morgan fingerprint density at radius 3 is 2.48 bits per heavy atom. The fourth-order valence-corrected chi connectivity index (χ4v) is 3.63. The number of ether oxygens (including phenoxy) is 1. The summed E-state index contributed by atoms with van der Waals surface area (Å²) in [5.41, 5.74) is 3.06. The van der Waals surface area contributed by atoms with Crippen molar-refractivity contribution in [3.8, 4) is 0 Å². The van der Waals surface area contributed by atoms with E-state index in [1.807, 2.05) is 0 Å². The van der Waals surface area contributed by atoms with Gasteiger partial charge in [0.25, 0.3) is 0 Å². The number of hydrogen-bond donors (Lipinski definition) is 1. The lowest BCUT2D eigenvalue weighted by molar-refractivity contribution is 0.0186. The van der Waals surface area contributed by atoms with Crippen LogP contribution in [0.1, 0.15) is 69.0 Å². The van der Waals surface area contributed by atoms with E-state index >= 15 is 0 Å². The van der Waals surface area contributed by atoms with Gasteiger partial charge in [-0.05, 0) is 62.1 Å². The highest BCUT2D eigenvalue weighted by molar-refractivity contribution is 5.35. The third-order valence-corrected chi connectivity index (χ3v) is 5.07. The van der Waals surface area contributed by atoms with Crippen LogP contribution in [0.2, 0.25) is 0 Å². The van der Waals surface area contributed by atoms with Crippen LogP contribution in [-0.2, 0) is 4.74 Å². The molecule has 1 aromatic rings. The smallest absolute Gasteiger partial charge is 0.0797 e. The molecule has 0 spiro atoms. The molecule has 1 N–H and O–H groups in total. The van der Waals surface area contributed by atoms with Gasteiger partial charge in [-0.15, -0.1) is 0 Å². The molecule has 0 saturated heterocycles. The minimum atomic E-state index is 0.344. The summed E-state index contributed by atoms with van der Waals surface area (Å²) in [7, 11) is 0. The van der Waals surface area contributed by atoms with E-state index < -0.39 is 0 Å². The summed E-state index contributed by atoms with van der Waals surface area (Å²) in [4.78, 5) is 0. The van der Waals surface area contributed by atoms with E-state index in [1.54, 1.807) is 5.56 Å². The number of rotatable bonds is 8. The van der Waals surface area contributed by atoms with E-state index in [9.17, 15) is 0 Å². The van der Waals surface area contributed by atoms with Gasteiger partial charge in [0.2, 0.25) is 0 Å². The highest BCUT2D eigenvalue weighted by atomic mass is 16.5. The topological polar surface area (TPSA) is 21.3 Å². The van der Waals surface area contributed by atoms with Crippen molar-refractivity contribution in [2.75, 3.05) is 13.2 Å². The molecule has 0 aromatic heterocycles. The van der Waals surface area contributed by atoms with Crippen LogP contribution < -0.4 is 5.32 Å². The van der Waals surface area contributed by atoms with Crippen molar-refractivity contribution in [3.05, 3.63) is 35.4 Å². The van der Waals surface area contributed by atoms with E-state index in [2.05, 4.69) is 43.4 Å². The van der Waals surface area contributed by atoms with Gasteiger partial charge in [0, 0.05) is 6.61 Å². The van der Waals surface area contributed by atoms with Crippen molar-refractivity contribution in [2.45, 2.75) is 64.0 Å². The summed E-state index contributed by atoms with van der Waals surface area (Å²) in [6.45, 7) is 6.14. The summed E-state index contributed by atoms with van der Waals surface area (Å²) >= 11 is 0. The molecule has 0 heterocycles. The number of hydrogen-bond acceptors (Lipinski definition) is 2. The molecule has 2 nitrogen and oxygen atoms in total. The van der Waals surface area contributed by atoms with Crippen LogP contribution in [0, 0.1) is 5.92 Å². The van der Waals surface area contributed by atoms with Gasteiger partial charge in [0.15, 0.2) is 0 Å². The highest BCUT2D eigenvalue weighted by Crippen LogP contribution is 2.44. The van der Waals surface area contributed by atoms with Gasteiger partial charge in [0.05, 0.1) is 12.1 Å². The van der Waals surface area contributed by atoms with E-state index in [1.165, 1.54) is 37.7 Å². The van der Waals surface area contributed by atoms with E-state index in [0.717, 1.165) is 25.0 Å². The first-order chi connectivity index (χ1) is 10.3. The monoisotopic (exact) mass is 287 g/mol. The quantitative estimate of drug-likeness (QED) is 0.764.